The number of carbonyl (C=O) groups excluding carboxylic acids is 2. The molecule has 0 radical (unpaired) electrons. The first kappa shape index (κ1) is 20.3. The van der Waals surface area contributed by atoms with Crippen molar-refractivity contribution >= 4 is 11.8 Å². The fourth-order valence-corrected chi connectivity index (χ4v) is 3.05. The van der Waals surface area contributed by atoms with E-state index in [4.69, 9.17) is 0 Å². The lowest BCUT2D eigenvalue weighted by molar-refractivity contribution is -0.130. The third-order valence-electron chi connectivity index (χ3n) is 4.65. The SMILES string of the molecule is CCN(Cc1cccc(F)c1)C(=O)CNC(=O)c1ccc(-c2ccccc2)cc1. The molecule has 0 aliphatic rings. The van der Waals surface area contributed by atoms with Crippen molar-refractivity contribution in [1.82, 2.24) is 10.2 Å². The van der Waals surface area contributed by atoms with E-state index in [9.17, 15) is 14.0 Å². The molecule has 0 fully saturated rings. The first-order chi connectivity index (χ1) is 14.1. The van der Waals surface area contributed by atoms with Gasteiger partial charge in [-0.3, -0.25) is 9.59 Å². The number of nitrogens with one attached hydrogen (secondary N) is 1. The Bertz CT molecular complexity index is 972. The molecule has 0 saturated heterocycles. The smallest absolute Gasteiger partial charge is 0.251 e. The summed E-state index contributed by atoms with van der Waals surface area (Å²) in [7, 11) is 0. The maximum Gasteiger partial charge on any atom is 0.251 e. The van der Waals surface area contributed by atoms with Crippen molar-refractivity contribution in [2.24, 2.45) is 0 Å². The molecule has 3 rings (SSSR count). The minimum atomic E-state index is -0.335. The fraction of sp³-hybridized carbons (Fsp3) is 0.167. The van der Waals surface area contributed by atoms with E-state index in [0.717, 1.165) is 11.1 Å². The number of carbonyl (C=O) groups is 2. The molecule has 5 heteroatoms. The zero-order valence-corrected chi connectivity index (χ0v) is 16.3. The Hall–Kier alpha value is -3.47. The Morgan fingerprint density at radius 3 is 2.24 bits per heavy atom. The van der Waals surface area contributed by atoms with Crippen molar-refractivity contribution < 1.29 is 14.0 Å². The highest BCUT2D eigenvalue weighted by Crippen LogP contribution is 2.19. The molecule has 4 nitrogen and oxygen atoms in total. The third kappa shape index (κ3) is 5.51. The standard InChI is InChI=1S/C24H23FN2O2/c1-2-27(17-18-7-6-10-22(25)15-18)23(28)16-26-24(29)21-13-11-20(12-14-21)19-8-4-3-5-9-19/h3-15H,2,16-17H2,1H3,(H,26,29). The summed E-state index contributed by atoms with van der Waals surface area (Å²) in [4.78, 5) is 26.4. The normalized spacial score (nSPS) is 10.4. The van der Waals surface area contributed by atoms with Gasteiger partial charge in [-0.25, -0.2) is 4.39 Å². The molecule has 0 atom stereocenters. The van der Waals surface area contributed by atoms with Crippen LogP contribution in [0.15, 0.2) is 78.9 Å². The predicted molar refractivity (Wildman–Crippen MR) is 112 cm³/mol. The van der Waals surface area contributed by atoms with Crippen LogP contribution < -0.4 is 5.32 Å². The topological polar surface area (TPSA) is 49.4 Å². The Morgan fingerprint density at radius 2 is 1.59 bits per heavy atom. The average Bonchev–Trinajstić information content (AvgIpc) is 2.76. The van der Waals surface area contributed by atoms with Crippen molar-refractivity contribution in [2.45, 2.75) is 13.5 Å². The summed E-state index contributed by atoms with van der Waals surface area (Å²) in [5.74, 6) is -0.857. The van der Waals surface area contributed by atoms with Crippen LogP contribution in [-0.4, -0.2) is 29.8 Å². The summed E-state index contributed by atoms with van der Waals surface area (Å²) in [6, 6.07) is 23.3. The molecule has 0 bridgehead atoms. The van der Waals surface area contributed by atoms with Crippen molar-refractivity contribution in [3.05, 3.63) is 95.8 Å². The highest BCUT2D eigenvalue weighted by atomic mass is 19.1. The monoisotopic (exact) mass is 390 g/mol. The Labute approximate surface area is 170 Å². The van der Waals surface area contributed by atoms with E-state index >= 15 is 0 Å². The van der Waals surface area contributed by atoms with Crippen LogP contribution in [0.2, 0.25) is 0 Å². The molecular weight excluding hydrogens is 367 g/mol. The molecule has 2 amide bonds. The second-order valence-corrected chi connectivity index (χ2v) is 6.66. The number of nitrogens with zero attached hydrogens (tertiary/aromatic N) is 1. The molecule has 0 spiro atoms. The van der Waals surface area contributed by atoms with Gasteiger partial charge in [0.2, 0.25) is 5.91 Å². The van der Waals surface area contributed by atoms with Gasteiger partial charge in [0, 0.05) is 18.7 Å². The minimum Gasteiger partial charge on any atom is -0.343 e. The molecule has 0 heterocycles. The second kappa shape index (κ2) is 9.64. The molecule has 0 aliphatic heterocycles. The van der Waals surface area contributed by atoms with Crippen LogP contribution in [0.25, 0.3) is 11.1 Å². The lowest BCUT2D eigenvalue weighted by Gasteiger charge is -2.21. The van der Waals surface area contributed by atoms with E-state index in [2.05, 4.69) is 5.32 Å². The zero-order valence-electron chi connectivity index (χ0n) is 16.3. The van der Waals surface area contributed by atoms with Crippen LogP contribution in [0.3, 0.4) is 0 Å². The molecule has 0 unspecified atom stereocenters. The fourth-order valence-electron chi connectivity index (χ4n) is 3.05. The molecule has 0 aromatic heterocycles. The maximum atomic E-state index is 13.3. The van der Waals surface area contributed by atoms with Gasteiger partial charge >= 0.3 is 0 Å². The summed E-state index contributed by atoms with van der Waals surface area (Å²) in [5, 5.41) is 2.67. The number of hydrogen-bond donors (Lipinski definition) is 1. The van der Waals surface area contributed by atoms with Crippen LogP contribution in [0.5, 0.6) is 0 Å². The van der Waals surface area contributed by atoms with Gasteiger partial charge in [-0.2, -0.15) is 0 Å². The van der Waals surface area contributed by atoms with Crippen LogP contribution in [0, 0.1) is 5.82 Å². The molecule has 148 valence electrons. The highest BCUT2D eigenvalue weighted by Gasteiger charge is 2.14. The number of benzene rings is 3. The largest absolute Gasteiger partial charge is 0.343 e. The molecule has 0 saturated carbocycles. The van der Waals surface area contributed by atoms with Gasteiger partial charge in [-0.05, 0) is 47.9 Å². The van der Waals surface area contributed by atoms with Crippen molar-refractivity contribution in [3.63, 3.8) is 0 Å². The number of hydrogen-bond acceptors (Lipinski definition) is 2. The van der Waals surface area contributed by atoms with E-state index in [-0.39, 0.29) is 24.2 Å². The lowest BCUT2D eigenvalue weighted by atomic mass is 10.0. The molecule has 0 aliphatic carbocycles. The summed E-state index contributed by atoms with van der Waals surface area (Å²) < 4.78 is 13.3. The Kier molecular flexibility index (Phi) is 6.74. The van der Waals surface area contributed by atoms with Gasteiger partial charge in [0.05, 0.1) is 6.54 Å². The van der Waals surface area contributed by atoms with Gasteiger partial charge in [0.15, 0.2) is 0 Å². The lowest BCUT2D eigenvalue weighted by Crippen LogP contribution is -2.39. The third-order valence-corrected chi connectivity index (χ3v) is 4.65. The number of rotatable bonds is 7. The summed E-state index contributed by atoms with van der Waals surface area (Å²) in [5.41, 5.74) is 3.30. The van der Waals surface area contributed by atoms with Crippen molar-refractivity contribution in [3.8, 4) is 11.1 Å². The summed E-state index contributed by atoms with van der Waals surface area (Å²) >= 11 is 0. The van der Waals surface area contributed by atoms with Crippen molar-refractivity contribution in [2.75, 3.05) is 13.1 Å². The minimum absolute atomic E-state index is 0.109. The van der Waals surface area contributed by atoms with Gasteiger partial charge in [-0.1, -0.05) is 54.6 Å². The number of halogens is 1. The predicted octanol–water partition coefficient (Wildman–Crippen LogP) is 4.27. The van der Waals surface area contributed by atoms with Gasteiger partial charge in [-0.15, -0.1) is 0 Å². The van der Waals surface area contributed by atoms with Crippen LogP contribution >= 0.6 is 0 Å². The number of likely N-dealkylation sites (N-methyl/N-ethyl adjacent to an activating group) is 1. The van der Waals surface area contributed by atoms with Crippen LogP contribution in [0.1, 0.15) is 22.8 Å². The van der Waals surface area contributed by atoms with Crippen LogP contribution in [0.4, 0.5) is 4.39 Å². The first-order valence-corrected chi connectivity index (χ1v) is 9.52. The summed E-state index contributed by atoms with van der Waals surface area (Å²) in [6.07, 6.45) is 0. The van der Waals surface area contributed by atoms with Crippen molar-refractivity contribution in [1.29, 1.82) is 0 Å². The van der Waals surface area contributed by atoms with Gasteiger partial charge < -0.3 is 10.2 Å². The maximum absolute atomic E-state index is 13.3. The molecule has 3 aromatic rings. The van der Waals surface area contributed by atoms with E-state index in [1.54, 1.807) is 29.2 Å². The Balaban J connectivity index is 1.57. The average molecular weight is 390 g/mol. The highest BCUT2D eigenvalue weighted by molar-refractivity contribution is 5.96. The van der Waals surface area contributed by atoms with Gasteiger partial charge in [0.1, 0.15) is 5.82 Å². The van der Waals surface area contributed by atoms with E-state index in [1.807, 2.05) is 49.4 Å². The van der Waals surface area contributed by atoms with Crippen LogP contribution in [-0.2, 0) is 11.3 Å². The molecule has 29 heavy (non-hydrogen) atoms. The second-order valence-electron chi connectivity index (χ2n) is 6.66. The van der Waals surface area contributed by atoms with E-state index < -0.39 is 0 Å². The first-order valence-electron chi connectivity index (χ1n) is 9.52. The Morgan fingerprint density at radius 1 is 0.897 bits per heavy atom. The van der Waals surface area contributed by atoms with Gasteiger partial charge in [0.25, 0.3) is 5.91 Å². The number of amides is 2. The molecule has 1 N–H and O–H groups in total. The zero-order chi connectivity index (χ0) is 20.6. The van der Waals surface area contributed by atoms with E-state index in [1.165, 1.54) is 12.1 Å². The van der Waals surface area contributed by atoms with E-state index in [0.29, 0.717) is 24.2 Å². The molecular formula is C24H23FN2O2. The quantitative estimate of drug-likeness (QED) is 0.655. The molecule has 3 aromatic carbocycles. The summed E-state index contributed by atoms with van der Waals surface area (Å²) in [6.45, 7) is 2.51.